The van der Waals surface area contributed by atoms with Crippen LogP contribution in [-0.2, 0) is 19.2 Å². The minimum Gasteiger partial charge on any atom is -0.504 e. The van der Waals surface area contributed by atoms with Crippen molar-refractivity contribution in [3.05, 3.63) is 88.4 Å². The van der Waals surface area contributed by atoms with E-state index in [1.807, 2.05) is 36.4 Å². The van der Waals surface area contributed by atoms with Crippen molar-refractivity contribution in [2.24, 2.45) is 17.8 Å². The molecule has 1 saturated carbocycles. The van der Waals surface area contributed by atoms with Crippen LogP contribution in [0.25, 0.3) is 0 Å². The summed E-state index contributed by atoms with van der Waals surface area (Å²) in [5.41, 5.74) is 2.71. The van der Waals surface area contributed by atoms with Gasteiger partial charge in [0.1, 0.15) is 0 Å². The summed E-state index contributed by atoms with van der Waals surface area (Å²) >= 11 is 21.3. The average molecular weight is 804 g/mol. The Balaban J connectivity index is 1.31. The number of carbonyl (C=O) groups excluding carboxylic acids is 4. The number of methoxy groups -OCH3 is 1. The largest absolute Gasteiger partial charge is 0.504 e. The molecule has 0 aromatic heterocycles. The maximum Gasteiger partial charge on any atom is 0.254 e. The number of carbonyl (C=O) groups is 4. The van der Waals surface area contributed by atoms with Crippen LogP contribution in [-0.4, -0.2) is 55.9 Å². The van der Waals surface area contributed by atoms with Gasteiger partial charge < -0.3 is 15.2 Å². The standard InChI is InChI=1S/C34H27Br2Cl2N3O6/c1-47-25-14-17(36)13-23(28(25)42)27-21-11-12-22-26(24(21)15-33(37)31(45)40(16-35)32(46)34(27,33)38)30(44)41(29(22)43)20-9-7-19(8-10-20)39-18-5-3-2-4-6-18/h2-11,13-14,22,24,26-27,39,42H,12,15-16H2,1H3. The van der Waals surface area contributed by atoms with Gasteiger partial charge in [0.15, 0.2) is 21.2 Å². The lowest BCUT2D eigenvalue weighted by Crippen LogP contribution is -2.60. The zero-order valence-electron chi connectivity index (χ0n) is 24.8. The molecule has 47 heavy (non-hydrogen) atoms. The van der Waals surface area contributed by atoms with E-state index in [2.05, 4.69) is 37.2 Å². The number of anilines is 3. The minimum absolute atomic E-state index is 0.115. The summed E-state index contributed by atoms with van der Waals surface area (Å²) in [4.78, 5) is 54.3. The van der Waals surface area contributed by atoms with Gasteiger partial charge in [-0.05, 0) is 67.3 Å². The molecule has 6 atom stereocenters. The topological polar surface area (TPSA) is 116 Å². The first-order valence-corrected chi connectivity index (χ1v) is 17.5. The van der Waals surface area contributed by atoms with Gasteiger partial charge in [0.2, 0.25) is 11.8 Å². The van der Waals surface area contributed by atoms with Crippen molar-refractivity contribution in [1.82, 2.24) is 4.90 Å². The van der Waals surface area contributed by atoms with E-state index in [0.29, 0.717) is 15.7 Å². The Morgan fingerprint density at radius 1 is 0.957 bits per heavy atom. The van der Waals surface area contributed by atoms with E-state index in [4.69, 9.17) is 27.9 Å². The smallest absolute Gasteiger partial charge is 0.254 e. The normalized spacial score (nSPS) is 29.8. The summed E-state index contributed by atoms with van der Waals surface area (Å²) in [5.74, 6) is -5.83. The van der Waals surface area contributed by atoms with Gasteiger partial charge in [-0.3, -0.25) is 29.0 Å². The lowest BCUT2D eigenvalue weighted by molar-refractivity contribution is -0.138. The molecular formula is C34H27Br2Cl2N3O6. The van der Waals surface area contributed by atoms with E-state index in [1.165, 1.54) is 12.0 Å². The van der Waals surface area contributed by atoms with E-state index < -0.39 is 51.1 Å². The number of alkyl halides is 3. The molecule has 2 aliphatic heterocycles. The number of nitrogens with zero attached hydrogens (tertiary/aromatic N) is 2. The molecule has 242 valence electrons. The van der Waals surface area contributed by atoms with Crippen molar-refractivity contribution in [1.29, 1.82) is 0 Å². The highest BCUT2D eigenvalue weighted by Gasteiger charge is 2.76. The maximum absolute atomic E-state index is 14.3. The molecule has 2 aliphatic carbocycles. The quantitative estimate of drug-likeness (QED) is 0.122. The molecule has 0 bridgehead atoms. The number of fused-ring (bicyclic) bond motifs is 4. The molecule has 3 fully saturated rings. The third-order valence-electron chi connectivity index (χ3n) is 9.80. The number of ether oxygens (including phenoxy) is 1. The van der Waals surface area contributed by atoms with Crippen molar-refractivity contribution >= 4 is 95.8 Å². The van der Waals surface area contributed by atoms with Crippen molar-refractivity contribution in [3.8, 4) is 11.5 Å². The van der Waals surface area contributed by atoms with Crippen LogP contribution >= 0.6 is 55.1 Å². The summed E-state index contributed by atoms with van der Waals surface area (Å²) < 4.78 is 5.93. The van der Waals surface area contributed by atoms with Gasteiger partial charge in [0.05, 0.1) is 30.1 Å². The second-order valence-corrected chi connectivity index (χ2v) is 14.7. The minimum atomic E-state index is -2.05. The first kappa shape index (κ1) is 32.2. The molecular weight excluding hydrogens is 777 g/mol. The van der Waals surface area contributed by atoms with Crippen LogP contribution in [0.5, 0.6) is 11.5 Å². The predicted molar refractivity (Wildman–Crippen MR) is 184 cm³/mol. The molecule has 0 spiro atoms. The Morgan fingerprint density at radius 3 is 2.30 bits per heavy atom. The lowest BCUT2D eigenvalue weighted by atomic mass is 9.56. The number of allylic oxidation sites excluding steroid dienone is 2. The Labute approximate surface area is 297 Å². The van der Waals surface area contributed by atoms with E-state index in [-0.39, 0.29) is 41.3 Å². The van der Waals surface area contributed by atoms with Crippen molar-refractivity contribution in [2.45, 2.75) is 28.5 Å². The van der Waals surface area contributed by atoms with Gasteiger partial charge >= 0.3 is 0 Å². The maximum atomic E-state index is 14.3. The monoisotopic (exact) mass is 801 g/mol. The molecule has 13 heteroatoms. The van der Waals surface area contributed by atoms with Gasteiger partial charge in [0.25, 0.3) is 11.8 Å². The van der Waals surface area contributed by atoms with Gasteiger partial charge in [0, 0.05) is 27.3 Å². The van der Waals surface area contributed by atoms with Crippen molar-refractivity contribution in [2.75, 3.05) is 22.8 Å². The number of phenolic OH excluding ortho intramolecular Hbond substituents is 1. The molecule has 4 aliphatic rings. The second-order valence-electron chi connectivity index (χ2n) is 12.1. The number of aromatic hydroxyl groups is 1. The summed E-state index contributed by atoms with van der Waals surface area (Å²) in [6.45, 7) is 0. The SMILES string of the molecule is COc1cc(Br)cc(C2C3=CCC4C(=O)N(c5ccc(Nc6ccccc6)cc5)C(=O)C4C3CC3(Cl)C(=O)N(CBr)C(=O)C23Cl)c1O. The van der Waals surface area contributed by atoms with E-state index in [9.17, 15) is 24.3 Å². The number of hydrogen-bond acceptors (Lipinski definition) is 7. The number of likely N-dealkylation sites (tertiary alicyclic amines) is 1. The number of amides is 4. The first-order chi connectivity index (χ1) is 22.5. The Morgan fingerprint density at radius 2 is 1.64 bits per heavy atom. The highest BCUT2D eigenvalue weighted by atomic mass is 79.9. The number of halogens is 4. The van der Waals surface area contributed by atoms with Crippen LogP contribution in [0.1, 0.15) is 24.3 Å². The molecule has 2 N–H and O–H groups in total. The highest BCUT2D eigenvalue weighted by molar-refractivity contribution is 9.10. The highest BCUT2D eigenvalue weighted by Crippen LogP contribution is 2.66. The van der Waals surface area contributed by atoms with E-state index in [0.717, 1.165) is 16.3 Å². The molecule has 9 nitrogen and oxygen atoms in total. The summed E-state index contributed by atoms with van der Waals surface area (Å²) in [5, 5.41) is 14.7. The summed E-state index contributed by atoms with van der Waals surface area (Å²) in [6.07, 6.45) is 1.86. The van der Waals surface area contributed by atoms with Crippen molar-refractivity contribution < 1.29 is 29.0 Å². The Hall–Kier alpha value is -3.38. The molecule has 6 unspecified atom stereocenters. The van der Waals surface area contributed by atoms with Gasteiger partial charge in [-0.25, -0.2) is 0 Å². The Bertz CT molecular complexity index is 1880. The molecule has 2 heterocycles. The van der Waals surface area contributed by atoms with Crippen molar-refractivity contribution in [3.63, 3.8) is 0 Å². The van der Waals surface area contributed by atoms with E-state index in [1.54, 1.807) is 36.4 Å². The fourth-order valence-electron chi connectivity index (χ4n) is 7.71. The van der Waals surface area contributed by atoms with Crippen LogP contribution in [0.2, 0.25) is 0 Å². The number of hydrogen-bond donors (Lipinski definition) is 2. The third kappa shape index (κ3) is 4.60. The molecule has 3 aromatic rings. The van der Waals surface area contributed by atoms with Crippen LogP contribution in [0.15, 0.2) is 82.9 Å². The molecule has 4 amide bonds. The van der Waals surface area contributed by atoms with Gasteiger partial charge in [-0.15, -0.1) is 23.2 Å². The molecule has 3 aromatic carbocycles. The fourth-order valence-corrected chi connectivity index (χ4v) is 9.58. The number of para-hydroxylation sites is 1. The zero-order valence-corrected chi connectivity index (χ0v) is 29.4. The molecule has 0 radical (unpaired) electrons. The first-order valence-electron chi connectivity index (χ1n) is 14.8. The van der Waals surface area contributed by atoms with Crippen LogP contribution in [0.4, 0.5) is 17.1 Å². The molecule has 2 saturated heterocycles. The Kier molecular flexibility index (Phi) is 7.97. The predicted octanol–water partition coefficient (Wildman–Crippen LogP) is 6.82. The summed E-state index contributed by atoms with van der Waals surface area (Å²) in [6, 6.07) is 19.8. The van der Waals surface area contributed by atoms with Gasteiger partial charge in [-0.1, -0.05) is 61.7 Å². The number of phenols is 1. The fraction of sp³-hybridized carbons (Fsp3) is 0.294. The number of rotatable bonds is 6. The lowest BCUT2D eigenvalue weighted by Gasteiger charge is -2.50. The zero-order chi connectivity index (χ0) is 33.4. The second kappa shape index (κ2) is 11.6. The summed E-state index contributed by atoms with van der Waals surface area (Å²) in [7, 11) is 1.39. The number of benzene rings is 3. The number of imide groups is 2. The van der Waals surface area contributed by atoms with Gasteiger partial charge in [-0.2, -0.15) is 0 Å². The number of nitrogens with one attached hydrogen (secondary N) is 1. The molecule has 7 rings (SSSR count). The van der Waals surface area contributed by atoms with Crippen LogP contribution in [0.3, 0.4) is 0 Å². The van der Waals surface area contributed by atoms with Crippen LogP contribution < -0.4 is 15.0 Å². The third-order valence-corrected chi connectivity index (χ3v) is 12.2. The van der Waals surface area contributed by atoms with E-state index >= 15 is 0 Å². The average Bonchev–Trinajstić information content (AvgIpc) is 3.40. The van der Waals surface area contributed by atoms with Crippen LogP contribution in [0, 0.1) is 17.8 Å².